The largest absolute Gasteiger partial charge is 0.437 e. The molecule has 0 bridgehead atoms. The van der Waals surface area contributed by atoms with Crippen molar-refractivity contribution in [1.82, 2.24) is 14.7 Å². The third-order valence-electron chi connectivity index (χ3n) is 5.63. The van der Waals surface area contributed by atoms with Crippen molar-refractivity contribution in [3.8, 4) is 11.5 Å². The van der Waals surface area contributed by atoms with Gasteiger partial charge >= 0.3 is 5.76 Å². The van der Waals surface area contributed by atoms with Gasteiger partial charge in [-0.25, -0.2) is 9.18 Å². The van der Waals surface area contributed by atoms with Crippen molar-refractivity contribution in [2.24, 2.45) is 11.8 Å². The standard InChI is InChI=1S/C19H22FN3O3/c20-16-7-5-14(6-8-16)18-21-23(19(25)26-18)12-17(24)22-10-9-13-3-1-2-4-15(13)11-22/h5-8,13,15H,1-4,9-12H2. The zero-order valence-corrected chi connectivity index (χ0v) is 14.6. The first-order chi connectivity index (χ1) is 12.6. The van der Waals surface area contributed by atoms with E-state index in [0.717, 1.165) is 30.1 Å². The van der Waals surface area contributed by atoms with Crippen LogP contribution in [0.25, 0.3) is 11.5 Å². The first-order valence-corrected chi connectivity index (χ1v) is 9.22. The van der Waals surface area contributed by atoms with E-state index in [0.29, 0.717) is 11.5 Å². The number of hydrogen-bond acceptors (Lipinski definition) is 4. The van der Waals surface area contributed by atoms with Crippen LogP contribution in [0.4, 0.5) is 4.39 Å². The Morgan fingerprint density at radius 1 is 1.15 bits per heavy atom. The highest BCUT2D eigenvalue weighted by atomic mass is 19.1. The van der Waals surface area contributed by atoms with Crippen molar-refractivity contribution in [3.05, 3.63) is 40.6 Å². The molecule has 2 heterocycles. The number of carbonyl (C=O) groups is 1. The first-order valence-electron chi connectivity index (χ1n) is 9.22. The number of carbonyl (C=O) groups excluding carboxylic acids is 1. The lowest BCUT2D eigenvalue weighted by Crippen LogP contribution is -2.46. The fraction of sp³-hybridized carbons (Fsp3) is 0.526. The molecule has 7 heteroatoms. The van der Waals surface area contributed by atoms with Crippen LogP contribution in [0.1, 0.15) is 32.1 Å². The lowest BCUT2D eigenvalue weighted by atomic mass is 9.75. The van der Waals surface area contributed by atoms with Crippen LogP contribution >= 0.6 is 0 Å². The SMILES string of the molecule is O=C(Cn1nc(-c2ccc(F)cc2)oc1=O)N1CCC2CCCCC2C1. The second-order valence-corrected chi connectivity index (χ2v) is 7.27. The van der Waals surface area contributed by atoms with E-state index in [1.54, 1.807) is 0 Å². The summed E-state index contributed by atoms with van der Waals surface area (Å²) in [4.78, 5) is 26.5. The van der Waals surface area contributed by atoms with Crippen LogP contribution in [0.15, 0.2) is 33.5 Å². The minimum absolute atomic E-state index is 0.0915. The predicted molar refractivity (Wildman–Crippen MR) is 92.8 cm³/mol. The summed E-state index contributed by atoms with van der Waals surface area (Å²) in [6, 6.07) is 5.52. The quantitative estimate of drug-likeness (QED) is 0.845. The van der Waals surface area contributed by atoms with Gasteiger partial charge in [-0.05, 0) is 48.9 Å². The summed E-state index contributed by atoms with van der Waals surface area (Å²) in [7, 11) is 0. The smallest absolute Gasteiger partial charge is 0.388 e. The number of benzene rings is 1. The molecule has 0 spiro atoms. The number of halogens is 1. The number of hydrogen-bond donors (Lipinski definition) is 0. The molecule has 0 N–H and O–H groups in total. The van der Waals surface area contributed by atoms with E-state index in [9.17, 15) is 14.0 Å². The van der Waals surface area contributed by atoms with Gasteiger partial charge in [0, 0.05) is 18.7 Å². The maximum atomic E-state index is 13.0. The Morgan fingerprint density at radius 3 is 2.65 bits per heavy atom. The molecule has 1 amide bonds. The van der Waals surface area contributed by atoms with Crippen LogP contribution in [0.5, 0.6) is 0 Å². The van der Waals surface area contributed by atoms with Crippen LogP contribution < -0.4 is 5.76 Å². The number of amides is 1. The predicted octanol–water partition coefficient (Wildman–Crippen LogP) is 2.68. The molecule has 1 aromatic heterocycles. The third-order valence-corrected chi connectivity index (χ3v) is 5.63. The number of nitrogens with zero attached hydrogens (tertiary/aromatic N) is 3. The molecule has 1 saturated heterocycles. The molecular formula is C19H22FN3O3. The van der Waals surface area contributed by atoms with Crippen LogP contribution in [-0.2, 0) is 11.3 Å². The highest BCUT2D eigenvalue weighted by molar-refractivity contribution is 5.76. The van der Waals surface area contributed by atoms with E-state index in [2.05, 4.69) is 5.10 Å². The third kappa shape index (κ3) is 3.43. The second kappa shape index (κ2) is 7.05. The molecular weight excluding hydrogens is 337 g/mol. The molecule has 1 aromatic carbocycles. The van der Waals surface area contributed by atoms with Gasteiger partial charge in [-0.1, -0.05) is 19.3 Å². The Bertz CT molecular complexity index is 842. The second-order valence-electron chi connectivity index (χ2n) is 7.27. The fourth-order valence-corrected chi connectivity index (χ4v) is 4.17. The van der Waals surface area contributed by atoms with Crippen molar-refractivity contribution in [2.75, 3.05) is 13.1 Å². The Kier molecular flexibility index (Phi) is 4.61. The topological polar surface area (TPSA) is 68.3 Å². The Hall–Kier alpha value is -2.44. The number of likely N-dealkylation sites (tertiary alicyclic amines) is 1. The van der Waals surface area contributed by atoms with Gasteiger partial charge in [0.1, 0.15) is 12.4 Å². The van der Waals surface area contributed by atoms with Gasteiger partial charge in [0.25, 0.3) is 0 Å². The molecule has 1 aliphatic carbocycles. The summed E-state index contributed by atoms with van der Waals surface area (Å²) in [5, 5.41) is 4.09. The van der Waals surface area contributed by atoms with E-state index >= 15 is 0 Å². The van der Waals surface area contributed by atoms with Crippen LogP contribution in [0.2, 0.25) is 0 Å². The van der Waals surface area contributed by atoms with Gasteiger partial charge in [0.15, 0.2) is 0 Å². The molecule has 1 aliphatic heterocycles. The lowest BCUT2D eigenvalue weighted by molar-refractivity contribution is -0.135. The molecule has 2 aliphatic rings. The van der Waals surface area contributed by atoms with Gasteiger partial charge < -0.3 is 9.32 Å². The summed E-state index contributed by atoms with van der Waals surface area (Å²) in [5.74, 6) is 0.267. The van der Waals surface area contributed by atoms with Crippen molar-refractivity contribution in [1.29, 1.82) is 0 Å². The minimum atomic E-state index is -0.676. The van der Waals surface area contributed by atoms with E-state index in [4.69, 9.17) is 4.42 Å². The molecule has 2 atom stereocenters. The summed E-state index contributed by atoms with van der Waals surface area (Å²) in [6.07, 6.45) is 6.05. The summed E-state index contributed by atoms with van der Waals surface area (Å²) in [5.41, 5.74) is 0.498. The number of aromatic nitrogens is 2. The zero-order chi connectivity index (χ0) is 18.1. The maximum Gasteiger partial charge on any atom is 0.437 e. The normalized spacial score (nSPS) is 22.9. The molecule has 1 saturated carbocycles. The number of rotatable bonds is 3. The van der Waals surface area contributed by atoms with Crippen molar-refractivity contribution >= 4 is 5.91 Å². The molecule has 26 heavy (non-hydrogen) atoms. The van der Waals surface area contributed by atoms with Gasteiger partial charge in [0.2, 0.25) is 11.8 Å². The number of piperidine rings is 1. The van der Waals surface area contributed by atoms with Crippen molar-refractivity contribution in [3.63, 3.8) is 0 Å². The van der Waals surface area contributed by atoms with Gasteiger partial charge in [-0.15, -0.1) is 5.10 Å². The molecule has 2 unspecified atom stereocenters. The molecule has 2 aromatic rings. The average molecular weight is 359 g/mol. The molecule has 2 fully saturated rings. The zero-order valence-electron chi connectivity index (χ0n) is 14.6. The van der Waals surface area contributed by atoms with Gasteiger partial charge in [0.05, 0.1) is 0 Å². The highest BCUT2D eigenvalue weighted by Gasteiger charge is 2.33. The summed E-state index contributed by atoms with van der Waals surface area (Å²) in [6.45, 7) is 1.40. The van der Waals surface area contributed by atoms with E-state index in [1.165, 1.54) is 49.9 Å². The minimum Gasteiger partial charge on any atom is -0.388 e. The van der Waals surface area contributed by atoms with Crippen LogP contribution in [0, 0.1) is 17.7 Å². The molecule has 4 rings (SSSR count). The van der Waals surface area contributed by atoms with E-state index < -0.39 is 5.76 Å². The van der Waals surface area contributed by atoms with Crippen molar-refractivity contribution < 1.29 is 13.6 Å². The first kappa shape index (κ1) is 17.0. The lowest BCUT2D eigenvalue weighted by Gasteiger charge is -2.41. The van der Waals surface area contributed by atoms with Gasteiger partial charge in [-0.2, -0.15) is 4.68 Å². The Labute approximate surface area is 150 Å². The Balaban J connectivity index is 1.44. The van der Waals surface area contributed by atoms with E-state index in [-0.39, 0.29) is 24.2 Å². The summed E-state index contributed by atoms with van der Waals surface area (Å²) >= 11 is 0. The van der Waals surface area contributed by atoms with Crippen LogP contribution in [0.3, 0.4) is 0 Å². The molecule has 6 nitrogen and oxygen atoms in total. The highest BCUT2D eigenvalue weighted by Crippen LogP contribution is 2.36. The Morgan fingerprint density at radius 2 is 1.88 bits per heavy atom. The maximum absolute atomic E-state index is 13.0. The number of fused-ring (bicyclic) bond motifs is 1. The molecule has 0 radical (unpaired) electrons. The average Bonchev–Trinajstić information content (AvgIpc) is 3.02. The van der Waals surface area contributed by atoms with E-state index in [1.807, 2.05) is 4.90 Å². The van der Waals surface area contributed by atoms with Crippen molar-refractivity contribution in [2.45, 2.75) is 38.6 Å². The monoisotopic (exact) mass is 359 g/mol. The van der Waals surface area contributed by atoms with Crippen LogP contribution in [-0.4, -0.2) is 33.7 Å². The molecule has 138 valence electrons. The van der Waals surface area contributed by atoms with Gasteiger partial charge in [-0.3, -0.25) is 4.79 Å². The summed E-state index contributed by atoms with van der Waals surface area (Å²) < 4.78 is 19.2. The fourth-order valence-electron chi connectivity index (χ4n) is 4.17.